The average Bonchev–Trinajstić information content (AvgIpc) is 2.25. The summed E-state index contributed by atoms with van der Waals surface area (Å²) in [6, 6.07) is 0.591. The van der Waals surface area contributed by atoms with Crippen LogP contribution in [0.15, 0.2) is 0 Å². The van der Waals surface area contributed by atoms with Gasteiger partial charge in [0.1, 0.15) is 0 Å². The van der Waals surface area contributed by atoms with Crippen LogP contribution in [0.5, 0.6) is 0 Å². The summed E-state index contributed by atoms with van der Waals surface area (Å²) in [6.45, 7) is 5.26. The standard InChI is InChI=1S/C13H25NO2/c1-10(2)11-6-4-5-7-12(11)14(3)9-8-13(15)16/h10-12H,4-9H2,1-3H3,(H,15,16). The minimum absolute atomic E-state index is 0.262. The van der Waals surface area contributed by atoms with Gasteiger partial charge in [0, 0.05) is 12.6 Å². The van der Waals surface area contributed by atoms with Crippen LogP contribution >= 0.6 is 0 Å². The van der Waals surface area contributed by atoms with Crippen LogP contribution in [0.25, 0.3) is 0 Å². The van der Waals surface area contributed by atoms with Crippen molar-refractivity contribution in [2.75, 3.05) is 13.6 Å². The Kier molecular flexibility index (Phi) is 5.26. The quantitative estimate of drug-likeness (QED) is 0.785. The van der Waals surface area contributed by atoms with Crippen molar-refractivity contribution in [1.29, 1.82) is 0 Å². The molecule has 0 radical (unpaired) electrons. The zero-order valence-electron chi connectivity index (χ0n) is 10.8. The molecule has 3 heteroatoms. The van der Waals surface area contributed by atoms with Gasteiger partial charge < -0.3 is 10.0 Å². The molecule has 0 aromatic heterocycles. The number of carboxylic acids is 1. The summed E-state index contributed by atoms with van der Waals surface area (Å²) < 4.78 is 0. The van der Waals surface area contributed by atoms with Crippen molar-refractivity contribution in [2.45, 2.75) is 52.0 Å². The molecule has 0 aliphatic heterocycles. The third-order valence-corrected chi connectivity index (χ3v) is 3.88. The van der Waals surface area contributed by atoms with Gasteiger partial charge in [-0.1, -0.05) is 26.7 Å². The van der Waals surface area contributed by atoms with Gasteiger partial charge in [0.25, 0.3) is 0 Å². The van der Waals surface area contributed by atoms with Crippen LogP contribution in [-0.4, -0.2) is 35.6 Å². The van der Waals surface area contributed by atoms with Gasteiger partial charge >= 0.3 is 5.97 Å². The summed E-state index contributed by atoms with van der Waals surface area (Å²) in [4.78, 5) is 12.8. The van der Waals surface area contributed by atoms with Crippen LogP contribution in [0.4, 0.5) is 0 Å². The first-order valence-electron chi connectivity index (χ1n) is 6.44. The molecule has 1 fully saturated rings. The third kappa shape index (κ3) is 3.78. The molecular formula is C13H25NO2. The van der Waals surface area contributed by atoms with E-state index in [0.717, 1.165) is 5.92 Å². The van der Waals surface area contributed by atoms with Crippen LogP contribution in [0.2, 0.25) is 0 Å². The highest BCUT2D eigenvalue weighted by Crippen LogP contribution is 2.32. The van der Waals surface area contributed by atoms with Crippen molar-refractivity contribution in [3.63, 3.8) is 0 Å². The first-order chi connectivity index (χ1) is 7.52. The zero-order chi connectivity index (χ0) is 12.1. The Hall–Kier alpha value is -0.570. The SMILES string of the molecule is CC(C)C1CCCCC1N(C)CCC(=O)O. The second-order valence-electron chi connectivity index (χ2n) is 5.38. The van der Waals surface area contributed by atoms with Crippen molar-refractivity contribution in [2.24, 2.45) is 11.8 Å². The van der Waals surface area contributed by atoms with E-state index in [1.165, 1.54) is 25.7 Å². The molecule has 1 saturated carbocycles. The number of carboxylic acid groups (broad SMARTS) is 1. The summed E-state index contributed by atoms with van der Waals surface area (Å²) in [5.74, 6) is 0.758. The maximum Gasteiger partial charge on any atom is 0.304 e. The minimum Gasteiger partial charge on any atom is -0.481 e. The van der Waals surface area contributed by atoms with Gasteiger partial charge in [-0.2, -0.15) is 0 Å². The number of hydrogen-bond acceptors (Lipinski definition) is 2. The Balaban J connectivity index is 2.50. The number of nitrogens with zero attached hydrogens (tertiary/aromatic N) is 1. The molecule has 0 spiro atoms. The van der Waals surface area contributed by atoms with E-state index in [1.54, 1.807) is 0 Å². The lowest BCUT2D eigenvalue weighted by atomic mass is 9.77. The lowest BCUT2D eigenvalue weighted by molar-refractivity contribution is -0.137. The van der Waals surface area contributed by atoms with Gasteiger partial charge in [-0.3, -0.25) is 4.79 Å². The average molecular weight is 227 g/mol. The monoisotopic (exact) mass is 227 g/mol. The van der Waals surface area contributed by atoms with E-state index in [1.807, 2.05) is 0 Å². The van der Waals surface area contributed by atoms with E-state index in [9.17, 15) is 4.79 Å². The van der Waals surface area contributed by atoms with Crippen molar-refractivity contribution < 1.29 is 9.90 Å². The Morgan fingerprint density at radius 3 is 2.56 bits per heavy atom. The molecule has 0 bridgehead atoms. The lowest BCUT2D eigenvalue weighted by Crippen LogP contribution is -2.42. The molecule has 94 valence electrons. The van der Waals surface area contributed by atoms with E-state index in [2.05, 4.69) is 25.8 Å². The second kappa shape index (κ2) is 6.24. The van der Waals surface area contributed by atoms with Crippen LogP contribution in [0, 0.1) is 11.8 Å². The highest BCUT2D eigenvalue weighted by Gasteiger charge is 2.30. The van der Waals surface area contributed by atoms with Gasteiger partial charge in [-0.25, -0.2) is 0 Å². The largest absolute Gasteiger partial charge is 0.481 e. The van der Waals surface area contributed by atoms with Crippen molar-refractivity contribution in [3.05, 3.63) is 0 Å². The van der Waals surface area contributed by atoms with Crippen LogP contribution in [0.3, 0.4) is 0 Å². The van der Waals surface area contributed by atoms with E-state index in [0.29, 0.717) is 18.5 Å². The Morgan fingerprint density at radius 2 is 2.00 bits per heavy atom. The maximum atomic E-state index is 10.6. The fourth-order valence-electron chi connectivity index (χ4n) is 2.90. The summed E-state index contributed by atoms with van der Waals surface area (Å²) in [5, 5.41) is 8.71. The van der Waals surface area contributed by atoms with Gasteiger partial charge in [0.05, 0.1) is 6.42 Å². The summed E-state index contributed by atoms with van der Waals surface area (Å²) >= 11 is 0. The summed E-state index contributed by atoms with van der Waals surface area (Å²) in [6.07, 6.45) is 5.44. The molecule has 0 saturated heterocycles. The summed E-state index contributed by atoms with van der Waals surface area (Å²) in [5.41, 5.74) is 0. The summed E-state index contributed by atoms with van der Waals surface area (Å²) in [7, 11) is 2.08. The van der Waals surface area contributed by atoms with E-state index < -0.39 is 5.97 Å². The van der Waals surface area contributed by atoms with E-state index >= 15 is 0 Å². The van der Waals surface area contributed by atoms with E-state index in [-0.39, 0.29) is 6.42 Å². The fraction of sp³-hybridized carbons (Fsp3) is 0.923. The second-order valence-corrected chi connectivity index (χ2v) is 5.38. The Bertz CT molecular complexity index is 228. The van der Waals surface area contributed by atoms with Crippen LogP contribution < -0.4 is 0 Å². The number of rotatable bonds is 5. The van der Waals surface area contributed by atoms with Crippen molar-refractivity contribution >= 4 is 5.97 Å². The molecule has 1 N–H and O–H groups in total. The molecule has 16 heavy (non-hydrogen) atoms. The van der Waals surface area contributed by atoms with Crippen molar-refractivity contribution in [1.82, 2.24) is 4.90 Å². The minimum atomic E-state index is -0.691. The highest BCUT2D eigenvalue weighted by molar-refractivity contribution is 5.66. The molecule has 2 atom stereocenters. The molecule has 1 rings (SSSR count). The van der Waals surface area contributed by atoms with Gasteiger partial charge in [-0.05, 0) is 31.7 Å². The number of aliphatic carboxylic acids is 1. The molecule has 3 nitrogen and oxygen atoms in total. The van der Waals surface area contributed by atoms with E-state index in [4.69, 9.17) is 5.11 Å². The molecule has 2 unspecified atom stereocenters. The lowest BCUT2D eigenvalue weighted by Gasteiger charge is -2.40. The fourth-order valence-corrected chi connectivity index (χ4v) is 2.90. The smallest absolute Gasteiger partial charge is 0.304 e. The van der Waals surface area contributed by atoms with Gasteiger partial charge in [0.15, 0.2) is 0 Å². The van der Waals surface area contributed by atoms with Crippen molar-refractivity contribution in [3.8, 4) is 0 Å². The molecular weight excluding hydrogens is 202 g/mol. The number of carbonyl (C=O) groups is 1. The van der Waals surface area contributed by atoms with Gasteiger partial charge in [0.2, 0.25) is 0 Å². The maximum absolute atomic E-state index is 10.6. The Labute approximate surface area is 98.8 Å². The predicted octanol–water partition coefficient (Wildman–Crippen LogP) is 2.61. The first-order valence-corrected chi connectivity index (χ1v) is 6.44. The van der Waals surface area contributed by atoms with Crippen LogP contribution in [-0.2, 0) is 4.79 Å². The molecule has 0 heterocycles. The topological polar surface area (TPSA) is 40.5 Å². The highest BCUT2D eigenvalue weighted by atomic mass is 16.4. The molecule has 0 aromatic rings. The Morgan fingerprint density at radius 1 is 1.38 bits per heavy atom. The third-order valence-electron chi connectivity index (χ3n) is 3.88. The molecule has 0 aromatic carbocycles. The number of hydrogen-bond donors (Lipinski definition) is 1. The van der Waals surface area contributed by atoms with Crippen LogP contribution in [0.1, 0.15) is 46.0 Å². The molecule has 1 aliphatic rings. The molecule has 0 amide bonds. The normalized spacial score (nSPS) is 26.3. The first kappa shape index (κ1) is 13.5. The predicted molar refractivity (Wildman–Crippen MR) is 65.5 cm³/mol. The van der Waals surface area contributed by atoms with Gasteiger partial charge in [-0.15, -0.1) is 0 Å². The zero-order valence-corrected chi connectivity index (χ0v) is 10.8. The molecule has 1 aliphatic carbocycles.